The Morgan fingerprint density at radius 2 is 1.93 bits per heavy atom. The van der Waals surface area contributed by atoms with E-state index in [-0.39, 0.29) is 23.7 Å². The first-order valence-corrected chi connectivity index (χ1v) is 5.32. The smallest absolute Gasteiger partial charge is 0.220 e. The van der Waals surface area contributed by atoms with Crippen LogP contribution in [0.25, 0.3) is 0 Å². The van der Waals surface area contributed by atoms with Gasteiger partial charge in [0.15, 0.2) is 5.78 Å². The van der Waals surface area contributed by atoms with Crippen LogP contribution >= 0.6 is 0 Å². The highest BCUT2D eigenvalue weighted by molar-refractivity contribution is 5.88. The lowest BCUT2D eigenvalue weighted by molar-refractivity contribution is -0.128. The predicted molar refractivity (Wildman–Crippen MR) is 58.6 cm³/mol. The maximum atomic E-state index is 11.4. The van der Waals surface area contributed by atoms with E-state index in [4.69, 9.17) is 4.74 Å². The van der Waals surface area contributed by atoms with E-state index in [0.29, 0.717) is 19.4 Å². The van der Waals surface area contributed by atoms with Gasteiger partial charge < -0.3 is 10.1 Å². The molecule has 0 aromatic rings. The second kappa shape index (κ2) is 7.40. The third kappa shape index (κ3) is 6.23. The molecule has 0 bridgehead atoms. The Bertz CT molecular complexity index is 216. The van der Waals surface area contributed by atoms with Gasteiger partial charge in [-0.25, -0.2) is 0 Å². The summed E-state index contributed by atoms with van der Waals surface area (Å²) in [6.07, 6.45) is 0.851. The number of carbonyl (C=O) groups excluding carboxylic acids is 2. The van der Waals surface area contributed by atoms with Crippen molar-refractivity contribution in [2.24, 2.45) is 5.92 Å². The lowest BCUT2D eigenvalue weighted by Gasteiger charge is -2.14. The highest BCUT2D eigenvalue weighted by atomic mass is 16.5. The number of rotatable bonds is 7. The standard InChI is InChI=1S/C11H21NO3/c1-5-10(13)9(3)12-11(14)6-8(2)7-15-4/h8-9H,5-7H2,1-4H3,(H,12,14). The van der Waals surface area contributed by atoms with Crippen molar-refractivity contribution >= 4 is 11.7 Å². The van der Waals surface area contributed by atoms with Gasteiger partial charge in [0.05, 0.1) is 6.04 Å². The average Bonchev–Trinajstić information content (AvgIpc) is 2.16. The van der Waals surface area contributed by atoms with Crippen molar-refractivity contribution in [1.29, 1.82) is 0 Å². The van der Waals surface area contributed by atoms with Gasteiger partial charge >= 0.3 is 0 Å². The van der Waals surface area contributed by atoms with Crippen molar-refractivity contribution in [1.82, 2.24) is 5.32 Å². The molecule has 4 heteroatoms. The van der Waals surface area contributed by atoms with Crippen molar-refractivity contribution in [3.8, 4) is 0 Å². The van der Waals surface area contributed by atoms with Crippen LogP contribution in [-0.4, -0.2) is 31.4 Å². The van der Waals surface area contributed by atoms with E-state index in [0.717, 1.165) is 0 Å². The van der Waals surface area contributed by atoms with Gasteiger partial charge in [-0.2, -0.15) is 0 Å². The molecule has 1 N–H and O–H groups in total. The van der Waals surface area contributed by atoms with Crippen molar-refractivity contribution in [2.75, 3.05) is 13.7 Å². The summed E-state index contributed by atoms with van der Waals surface area (Å²) in [5.74, 6) is 0.149. The molecular weight excluding hydrogens is 194 g/mol. The molecule has 2 unspecified atom stereocenters. The number of Topliss-reactive ketones (excluding diaryl/α,β-unsaturated/α-hetero) is 1. The molecule has 0 saturated carbocycles. The van der Waals surface area contributed by atoms with Crippen LogP contribution in [0.1, 0.15) is 33.6 Å². The molecule has 4 nitrogen and oxygen atoms in total. The van der Waals surface area contributed by atoms with Crippen LogP contribution < -0.4 is 5.32 Å². The van der Waals surface area contributed by atoms with Gasteiger partial charge in [0.1, 0.15) is 0 Å². The largest absolute Gasteiger partial charge is 0.384 e. The molecule has 0 aliphatic rings. The summed E-state index contributed by atoms with van der Waals surface area (Å²) in [6, 6.07) is -0.378. The van der Waals surface area contributed by atoms with Gasteiger partial charge in [0.25, 0.3) is 0 Å². The average molecular weight is 215 g/mol. The van der Waals surface area contributed by atoms with Gasteiger partial charge in [-0.05, 0) is 12.8 Å². The minimum absolute atomic E-state index is 0.0581. The summed E-state index contributed by atoms with van der Waals surface area (Å²) in [5, 5.41) is 2.68. The monoisotopic (exact) mass is 215 g/mol. The molecule has 88 valence electrons. The molecule has 0 spiro atoms. The Morgan fingerprint density at radius 3 is 2.40 bits per heavy atom. The summed E-state index contributed by atoms with van der Waals surface area (Å²) >= 11 is 0. The molecule has 0 saturated heterocycles. The fourth-order valence-corrected chi connectivity index (χ4v) is 1.35. The number of methoxy groups -OCH3 is 1. The third-order valence-electron chi connectivity index (χ3n) is 2.19. The van der Waals surface area contributed by atoms with Gasteiger partial charge in [0, 0.05) is 26.6 Å². The van der Waals surface area contributed by atoms with Crippen molar-refractivity contribution in [3.05, 3.63) is 0 Å². The number of nitrogens with one attached hydrogen (secondary N) is 1. The van der Waals surface area contributed by atoms with E-state index < -0.39 is 0 Å². The first kappa shape index (κ1) is 14.1. The Hall–Kier alpha value is -0.900. The van der Waals surface area contributed by atoms with Crippen LogP contribution in [0.3, 0.4) is 0 Å². The summed E-state index contributed by atoms with van der Waals surface area (Å²) in [6.45, 7) is 6.00. The molecule has 15 heavy (non-hydrogen) atoms. The lowest BCUT2D eigenvalue weighted by atomic mass is 10.1. The van der Waals surface area contributed by atoms with E-state index in [1.165, 1.54) is 0 Å². The van der Waals surface area contributed by atoms with Crippen LogP contribution in [-0.2, 0) is 14.3 Å². The Balaban J connectivity index is 3.87. The van der Waals surface area contributed by atoms with Crippen molar-refractivity contribution in [3.63, 3.8) is 0 Å². The summed E-state index contributed by atoms with van der Waals surface area (Å²) in [5.41, 5.74) is 0. The summed E-state index contributed by atoms with van der Waals surface area (Å²) in [7, 11) is 1.61. The first-order valence-electron chi connectivity index (χ1n) is 5.32. The Kier molecular flexibility index (Phi) is 6.96. The van der Waals surface area contributed by atoms with Crippen LogP contribution in [0.2, 0.25) is 0 Å². The third-order valence-corrected chi connectivity index (χ3v) is 2.19. The maximum Gasteiger partial charge on any atom is 0.220 e. The number of ether oxygens (including phenoxy) is 1. The first-order chi connectivity index (χ1) is 7.01. The van der Waals surface area contributed by atoms with E-state index >= 15 is 0 Å². The van der Waals surface area contributed by atoms with Gasteiger partial charge in [0.2, 0.25) is 5.91 Å². The summed E-state index contributed by atoms with van der Waals surface area (Å²) in [4.78, 5) is 22.7. The molecule has 0 radical (unpaired) electrons. The number of carbonyl (C=O) groups is 2. The Labute approximate surface area is 91.4 Å². The number of amides is 1. The van der Waals surface area contributed by atoms with Crippen molar-refractivity contribution in [2.45, 2.75) is 39.7 Å². The SMILES string of the molecule is CCC(=O)C(C)NC(=O)CC(C)COC. The van der Waals surface area contributed by atoms with Gasteiger partial charge in [-0.15, -0.1) is 0 Å². The van der Waals surface area contributed by atoms with Crippen LogP contribution in [0.5, 0.6) is 0 Å². The highest BCUT2D eigenvalue weighted by Crippen LogP contribution is 2.02. The second-order valence-electron chi connectivity index (χ2n) is 3.87. The van der Waals surface area contributed by atoms with Gasteiger partial charge in [-0.3, -0.25) is 9.59 Å². The molecular formula is C11H21NO3. The highest BCUT2D eigenvalue weighted by Gasteiger charge is 2.15. The Morgan fingerprint density at radius 1 is 1.33 bits per heavy atom. The molecule has 0 aromatic carbocycles. The fraction of sp³-hybridized carbons (Fsp3) is 0.818. The number of ketones is 1. The van der Waals surface area contributed by atoms with E-state index in [9.17, 15) is 9.59 Å². The second-order valence-corrected chi connectivity index (χ2v) is 3.87. The molecule has 0 aliphatic heterocycles. The fourth-order valence-electron chi connectivity index (χ4n) is 1.35. The normalized spacial score (nSPS) is 14.4. The van der Waals surface area contributed by atoms with E-state index in [2.05, 4.69) is 5.32 Å². The minimum atomic E-state index is -0.378. The molecule has 0 heterocycles. The molecule has 0 aromatic heterocycles. The molecule has 2 atom stereocenters. The summed E-state index contributed by atoms with van der Waals surface area (Å²) < 4.78 is 4.93. The van der Waals surface area contributed by atoms with E-state index in [1.54, 1.807) is 21.0 Å². The minimum Gasteiger partial charge on any atom is -0.384 e. The molecule has 0 fully saturated rings. The van der Waals surface area contributed by atoms with Crippen LogP contribution in [0.15, 0.2) is 0 Å². The lowest BCUT2D eigenvalue weighted by Crippen LogP contribution is -2.39. The van der Waals surface area contributed by atoms with Gasteiger partial charge in [-0.1, -0.05) is 13.8 Å². The molecule has 1 amide bonds. The quantitative estimate of drug-likeness (QED) is 0.693. The van der Waals surface area contributed by atoms with Crippen LogP contribution in [0.4, 0.5) is 0 Å². The zero-order chi connectivity index (χ0) is 11.8. The number of hydrogen-bond acceptors (Lipinski definition) is 3. The zero-order valence-electron chi connectivity index (χ0n) is 10.0. The maximum absolute atomic E-state index is 11.4. The van der Waals surface area contributed by atoms with Crippen molar-refractivity contribution < 1.29 is 14.3 Å². The molecule has 0 aliphatic carbocycles. The molecule has 0 rings (SSSR count). The topological polar surface area (TPSA) is 55.4 Å². The van der Waals surface area contributed by atoms with Crippen LogP contribution in [0, 0.1) is 5.92 Å². The predicted octanol–water partition coefficient (Wildman–Crippen LogP) is 1.14. The zero-order valence-corrected chi connectivity index (χ0v) is 10.0. The number of hydrogen-bond donors (Lipinski definition) is 1. The van der Waals surface area contributed by atoms with E-state index in [1.807, 2.05) is 6.92 Å².